The molecule has 0 saturated heterocycles. The minimum absolute atomic E-state index is 0.0546. The molecule has 0 fully saturated rings. The first-order valence-corrected chi connectivity index (χ1v) is 8.54. The molecular weight excluding hydrogens is 326 g/mol. The number of thiophene rings is 2. The van der Waals surface area contributed by atoms with Crippen LogP contribution in [0.2, 0.25) is 5.02 Å². The summed E-state index contributed by atoms with van der Waals surface area (Å²) < 4.78 is 0.933. The lowest BCUT2D eigenvalue weighted by atomic mass is 10.2. The van der Waals surface area contributed by atoms with E-state index in [0.29, 0.717) is 17.1 Å². The van der Waals surface area contributed by atoms with E-state index < -0.39 is 0 Å². The van der Waals surface area contributed by atoms with Gasteiger partial charge in [0.1, 0.15) is 10.2 Å². The number of halogens is 1. The highest BCUT2D eigenvalue weighted by molar-refractivity contribution is 7.20. The van der Waals surface area contributed by atoms with Gasteiger partial charge in [0.2, 0.25) is 0 Å². The van der Waals surface area contributed by atoms with Gasteiger partial charge in [0.15, 0.2) is 5.82 Å². The Labute approximate surface area is 135 Å². The maximum atomic E-state index is 6.37. The number of nitrogens with two attached hydrogens (primary N) is 1. The largest absolute Gasteiger partial charge is 0.362 e. The van der Waals surface area contributed by atoms with E-state index in [-0.39, 0.29) is 6.04 Å². The average Bonchev–Trinajstić information content (AvgIpc) is 3.06. The lowest BCUT2D eigenvalue weighted by Gasteiger charge is -2.03. The summed E-state index contributed by atoms with van der Waals surface area (Å²) in [5.41, 5.74) is 6.55. The molecule has 3 aromatic heterocycles. The van der Waals surface area contributed by atoms with Gasteiger partial charge in [-0.25, -0.2) is 0 Å². The number of anilines is 1. The van der Waals surface area contributed by atoms with E-state index in [1.54, 1.807) is 22.7 Å². The first-order valence-electron chi connectivity index (χ1n) is 6.47. The number of fused-ring (bicyclic) bond motifs is 1. The van der Waals surface area contributed by atoms with Crippen molar-refractivity contribution in [3.05, 3.63) is 32.3 Å². The van der Waals surface area contributed by atoms with Gasteiger partial charge in [-0.1, -0.05) is 17.7 Å². The number of rotatable bonds is 5. The smallest absolute Gasteiger partial charge is 0.170 e. The molecule has 0 aliphatic carbocycles. The van der Waals surface area contributed by atoms with Gasteiger partial charge in [-0.05, 0) is 30.0 Å². The molecule has 0 spiro atoms. The second-order valence-corrected chi connectivity index (χ2v) is 7.28. The van der Waals surface area contributed by atoms with Crippen LogP contribution >= 0.6 is 34.3 Å². The maximum Gasteiger partial charge on any atom is 0.170 e. The van der Waals surface area contributed by atoms with Crippen LogP contribution in [0.3, 0.4) is 0 Å². The fraction of sp³-hybridized carbons (Fsp3) is 0.308. The minimum Gasteiger partial charge on any atom is -0.362 e. The van der Waals surface area contributed by atoms with Gasteiger partial charge in [0, 0.05) is 15.8 Å². The summed E-state index contributed by atoms with van der Waals surface area (Å²) in [5.74, 6) is 0.719. The molecule has 3 heterocycles. The van der Waals surface area contributed by atoms with Crippen molar-refractivity contribution in [1.29, 1.82) is 0 Å². The molecule has 110 valence electrons. The van der Waals surface area contributed by atoms with Crippen LogP contribution in [0, 0.1) is 0 Å². The van der Waals surface area contributed by atoms with Crippen molar-refractivity contribution in [3.63, 3.8) is 0 Å². The molecule has 5 nitrogen and oxygen atoms in total. The molecule has 0 radical (unpaired) electrons. The molecule has 21 heavy (non-hydrogen) atoms. The fourth-order valence-electron chi connectivity index (χ4n) is 1.98. The van der Waals surface area contributed by atoms with Crippen LogP contribution in [0.5, 0.6) is 0 Å². The van der Waals surface area contributed by atoms with E-state index in [1.165, 1.54) is 4.88 Å². The predicted octanol–water partition coefficient (Wildman–Crippen LogP) is 3.30. The van der Waals surface area contributed by atoms with Crippen molar-refractivity contribution >= 4 is 50.3 Å². The minimum atomic E-state index is 0.0546. The van der Waals surface area contributed by atoms with Gasteiger partial charge in [-0.15, -0.1) is 32.9 Å². The van der Waals surface area contributed by atoms with Crippen molar-refractivity contribution < 1.29 is 0 Å². The van der Waals surface area contributed by atoms with Crippen LogP contribution in [0.1, 0.15) is 16.7 Å². The molecular formula is C13H14ClN5S2. The van der Waals surface area contributed by atoms with Gasteiger partial charge < -0.3 is 11.1 Å². The summed E-state index contributed by atoms with van der Waals surface area (Å²) in [6.07, 6.45) is 0.726. The molecule has 3 rings (SSSR count). The van der Waals surface area contributed by atoms with E-state index >= 15 is 0 Å². The number of hydrogen-bond acceptors (Lipinski definition) is 7. The zero-order valence-electron chi connectivity index (χ0n) is 11.3. The third-order valence-electron chi connectivity index (χ3n) is 2.92. The summed E-state index contributed by atoms with van der Waals surface area (Å²) in [7, 11) is 0. The molecule has 0 aliphatic rings. The average molecular weight is 340 g/mol. The SMILES string of the molecule is C[C@H](N)Cc1sc2c(NCc3cccs3)nnnc2c1Cl. The summed E-state index contributed by atoms with van der Waals surface area (Å²) in [5, 5.41) is 17.9. The van der Waals surface area contributed by atoms with Gasteiger partial charge >= 0.3 is 0 Å². The van der Waals surface area contributed by atoms with Crippen LogP contribution in [0.4, 0.5) is 5.82 Å². The number of nitrogens with one attached hydrogen (secondary N) is 1. The number of hydrogen-bond donors (Lipinski definition) is 2. The van der Waals surface area contributed by atoms with Gasteiger partial charge in [0.05, 0.1) is 11.6 Å². The predicted molar refractivity (Wildman–Crippen MR) is 89.2 cm³/mol. The molecule has 1 atom stereocenters. The normalized spacial score (nSPS) is 12.7. The Kier molecular flexibility index (Phi) is 4.34. The van der Waals surface area contributed by atoms with Gasteiger partial charge in [-0.2, -0.15) is 0 Å². The molecule has 0 aromatic carbocycles. The molecule has 8 heteroatoms. The van der Waals surface area contributed by atoms with Crippen molar-refractivity contribution in [2.24, 2.45) is 5.73 Å². The highest BCUT2D eigenvalue weighted by Gasteiger charge is 2.17. The second kappa shape index (κ2) is 6.23. The highest BCUT2D eigenvalue weighted by atomic mass is 35.5. The van der Waals surface area contributed by atoms with E-state index in [4.69, 9.17) is 17.3 Å². The van der Waals surface area contributed by atoms with Crippen LogP contribution in [0.25, 0.3) is 10.2 Å². The Balaban J connectivity index is 1.91. The second-order valence-electron chi connectivity index (χ2n) is 4.77. The van der Waals surface area contributed by atoms with Crippen LogP contribution in [0.15, 0.2) is 17.5 Å². The first-order chi connectivity index (χ1) is 10.1. The summed E-state index contributed by atoms with van der Waals surface area (Å²) >= 11 is 9.65. The standard InChI is InChI=1S/C13H14ClN5S2/c1-7(15)5-9-10(14)11-12(21-9)13(18-19-17-11)16-6-8-3-2-4-20-8/h2-4,7H,5-6,15H2,1H3,(H,16,17,18)/t7-/m0/s1. The quantitative estimate of drug-likeness (QED) is 0.745. The van der Waals surface area contributed by atoms with Crippen LogP contribution < -0.4 is 11.1 Å². The fourth-order valence-corrected chi connectivity index (χ4v) is 4.23. The van der Waals surface area contributed by atoms with Crippen LogP contribution in [-0.2, 0) is 13.0 Å². The third-order valence-corrected chi connectivity index (χ3v) is 5.52. The third kappa shape index (κ3) is 3.16. The van der Waals surface area contributed by atoms with Crippen molar-refractivity contribution in [2.75, 3.05) is 5.32 Å². The molecule has 3 N–H and O–H groups in total. The molecule has 0 aliphatic heterocycles. The zero-order chi connectivity index (χ0) is 14.8. The lowest BCUT2D eigenvalue weighted by molar-refractivity contribution is 0.747. The van der Waals surface area contributed by atoms with E-state index in [0.717, 1.165) is 21.8 Å². The van der Waals surface area contributed by atoms with E-state index in [1.807, 2.05) is 18.4 Å². The van der Waals surface area contributed by atoms with Crippen LogP contribution in [-0.4, -0.2) is 21.5 Å². The highest BCUT2D eigenvalue weighted by Crippen LogP contribution is 2.37. The molecule has 0 unspecified atom stereocenters. The summed E-state index contributed by atoms with van der Waals surface area (Å²) in [6.45, 7) is 2.67. The Bertz CT molecular complexity index is 738. The van der Waals surface area contributed by atoms with Crippen molar-refractivity contribution in [3.8, 4) is 0 Å². The maximum absolute atomic E-state index is 6.37. The summed E-state index contributed by atoms with van der Waals surface area (Å²) in [6, 6.07) is 4.16. The number of nitrogens with zero attached hydrogens (tertiary/aromatic N) is 3. The summed E-state index contributed by atoms with van der Waals surface area (Å²) in [4.78, 5) is 2.27. The van der Waals surface area contributed by atoms with Gasteiger partial charge in [0.25, 0.3) is 0 Å². The van der Waals surface area contributed by atoms with Crippen molar-refractivity contribution in [2.45, 2.75) is 25.9 Å². The lowest BCUT2D eigenvalue weighted by Crippen LogP contribution is -2.17. The van der Waals surface area contributed by atoms with E-state index in [9.17, 15) is 0 Å². The van der Waals surface area contributed by atoms with E-state index in [2.05, 4.69) is 26.8 Å². The molecule has 0 bridgehead atoms. The molecule has 0 saturated carbocycles. The van der Waals surface area contributed by atoms with Gasteiger partial charge in [-0.3, -0.25) is 0 Å². The first kappa shape index (κ1) is 14.6. The number of aromatic nitrogens is 3. The Morgan fingerprint density at radius 1 is 1.43 bits per heavy atom. The molecule has 3 aromatic rings. The monoisotopic (exact) mass is 339 g/mol. The Morgan fingerprint density at radius 2 is 2.29 bits per heavy atom. The zero-order valence-corrected chi connectivity index (χ0v) is 13.7. The Hall–Kier alpha value is -1.28. The Morgan fingerprint density at radius 3 is 3.00 bits per heavy atom. The molecule has 0 amide bonds. The van der Waals surface area contributed by atoms with Crippen molar-refractivity contribution in [1.82, 2.24) is 15.4 Å². The topological polar surface area (TPSA) is 76.7 Å².